The van der Waals surface area contributed by atoms with Crippen molar-refractivity contribution in [3.63, 3.8) is 0 Å². The smallest absolute Gasteiger partial charge is 0.151 e. The van der Waals surface area contributed by atoms with Gasteiger partial charge < -0.3 is 10.6 Å². The molecule has 0 aliphatic carbocycles. The number of benzene rings is 1. The van der Waals surface area contributed by atoms with E-state index in [9.17, 15) is 0 Å². The van der Waals surface area contributed by atoms with E-state index in [0.29, 0.717) is 27.9 Å². The summed E-state index contributed by atoms with van der Waals surface area (Å²) in [5.41, 5.74) is 1.12. The van der Waals surface area contributed by atoms with Crippen LogP contribution in [0.15, 0.2) is 30.6 Å². The molecule has 1 heterocycles. The molecule has 1 aromatic heterocycles. The van der Waals surface area contributed by atoms with Crippen molar-refractivity contribution in [3.8, 4) is 6.07 Å². The van der Waals surface area contributed by atoms with Crippen LogP contribution in [0.25, 0.3) is 0 Å². The van der Waals surface area contributed by atoms with Gasteiger partial charge in [0.15, 0.2) is 5.82 Å². The highest BCUT2D eigenvalue weighted by Crippen LogP contribution is 2.23. The highest BCUT2D eigenvalue weighted by Gasteiger charge is 2.05. The summed E-state index contributed by atoms with van der Waals surface area (Å²) >= 11 is 5.94. The van der Waals surface area contributed by atoms with E-state index in [-0.39, 0.29) is 0 Å². The quantitative estimate of drug-likeness (QED) is 0.879. The number of nitrogens with zero attached hydrogens (tertiary/aromatic N) is 3. The molecule has 1 aromatic carbocycles. The second-order valence-electron chi connectivity index (χ2n) is 4.14. The van der Waals surface area contributed by atoms with E-state index in [1.165, 1.54) is 0 Å². The zero-order chi connectivity index (χ0) is 14.4. The Kier molecular flexibility index (Phi) is 4.75. The predicted octanol–water partition coefficient (Wildman–Crippen LogP) is 3.57. The number of hydrogen-bond acceptors (Lipinski definition) is 5. The minimum Gasteiger partial charge on any atom is -0.369 e. The van der Waals surface area contributed by atoms with Crippen molar-refractivity contribution in [2.24, 2.45) is 0 Å². The largest absolute Gasteiger partial charge is 0.369 e. The molecule has 2 N–H and O–H groups in total. The van der Waals surface area contributed by atoms with Crippen LogP contribution in [-0.2, 0) is 0 Å². The molecule has 102 valence electrons. The SMILES string of the molecule is CCCNc1cncc(Nc2cc(Cl)ccc2C#N)n1. The summed E-state index contributed by atoms with van der Waals surface area (Å²) in [7, 11) is 0. The first-order chi connectivity index (χ1) is 9.72. The summed E-state index contributed by atoms with van der Waals surface area (Å²) in [5, 5.41) is 15.8. The third kappa shape index (κ3) is 3.59. The van der Waals surface area contributed by atoms with Crippen molar-refractivity contribution >= 4 is 28.9 Å². The molecule has 0 atom stereocenters. The van der Waals surface area contributed by atoms with E-state index < -0.39 is 0 Å². The van der Waals surface area contributed by atoms with Crippen LogP contribution in [0.3, 0.4) is 0 Å². The summed E-state index contributed by atoms with van der Waals surface area (Å²) in [6, 6.07) is 7.14. The number of anilines is 3. The molecule has 0 saturated heterocycles. The second kappa shape index (κ2) is 6.73. The van der Waals surface area contributed by atoms with Crippen LogP contribution in [-0.4, -0.2) is 16.5 Å². The first-order valence-electron chi connectivity index (χ1n) is 6.25. The van der Waals surface area contributed by atoms with Crippen LogP contribution >= 0.6 is 11.6 Å². The van der Waals surface area contributed by atoms with Gasteiger partial charge in [-0.2, -0.15) is 5.26 Å². The van der Waals surface area contributed by atoms with E-state index >= 15 is 0 Å². The fraction of sp³-hybridized carbons (Fsp3) is 0.214. The Hall–Kier alpha value is -2.32. The molecular formula is C14H14ClN5. The molecule has 0 fully saturated rings. The van der Waals surface area contributed by atoms with Crippen LogP contribution in [0.5, 0.6) is 0 Å². The van der Waals surface area contributed by atoms with Gasteiger partial charge in [0.1, 0.15) is 11.9 Å². The van der Waals surface area contributed by atoms with Gasteiger partial charge in [0.2, 0.25) is 0 Å². The van der Waals surface area contributed by atoms with Crippen molar-refractivity contribution in [2.75, 3.05) is 17.2 Å². The Bertz CT molecular complexity index is 636. The van der Waals surface area contributed by atoms with Crippen LogP contribution in [0.2, 0.25) is 5.02 Å². The number of rotatable bonds is 5. The molecule has 0 unspecified atom stereocenters. The molecule has 20 heavy (non-hydrogen) atoms. The molecular weight excluding hydrogens is 274 g/mol. The molecule has 5 nitrogen and oxygen atoms in total. The van der Waals surface area contributed by atoms with Gasteiger partial charge in [-0.1, -0.05) is 18.5 Å². The Morgan fingerprint density at radius 3 is 2.85 bits per heavy atom. The summed E-state index contributed by atoms with van der Waals surface area (Å²) in [6.45, 7) is 2.91. The van der Waals surface area contributed by atoms with Crippen LogP contribution < -0.4 is 10.6 Å². The lowest BCUT2D eigenvalue weighted by Crippen LogP contribution is -2.04. The Labute approximate surface area is 122 Å². The molecule has 2 rings (SSSR count). The Morgan fingerprint density at radius 1 is 1.30 bits per heavy atom. The average molecular weight is 288 g/mol. The number of nitriles is 1. The third-order valence-electron chi connectivity index (χ3n) is 2.56. The predicted molar refractivity (Wildman–Crippen MR) is 80.3 cm³/mol. The van der Waals surface area contributed by atoms with Gasteiger partial charge in [-0.05, 0) is 24.6 Å². The van der Waals surface area contributed by atoms with Crippen molar-refractivity contribution in [3.05, 3.63) is 41.2 Å². The van der Waals surface area contributed by atoms with Gasteiger partial charge in [-0.15, -0.1) is 0 Å². The molecule has 0 bridgehead atoms. The fourth-order valence-electron chi connectivity index (χ4n) is 1.62. The molecule has 2 aromatic rings. The van der Waals surface area contributed by atoms with E-state index in [2.05, 4.69) is 33.6 Å². The summed E-state index contributed by atoms with van der Waals surface area (Å²) in [5.74, 6) is 1.25. The maximum Gasteiger partial charge on any atom is 0.151 e. The van der Waals surface area contributed by atoms with E-state index in [1.54, 1.807) is 30.6 Å². The molecule has 0 saturated carbocycles. The van der Waals surface area contributed by atoms with Gasteiger partial charge >= 0.3 is 0 Å². The van der Waals surface area contributed by atoms with Crippen LogP contribution in [0.4, 0.5) is 17.3 Å². The second-order valence-corrected chi connectivity index (χ2v) is 4.58. The van der Waals surface area contributed by atoms with Gasteiger partial charge in [0.05, 0.1) is 23.6 Å². The van der Waals surface area contributed by atoms with Gasteiger partial charge in [-0.3, -0.25) is 4.98 Å². The minimum atomic E-state index is 0.503. The molecule has 0 amide bonds. The maximum absolute atomic E-state index is 9.08. The normalized spacial score (nSPS) is 9.85. The monoisotopic (exact) mass is 287 g/mol. The van der Waals surface area contributed by atoms with Gasteiger partial charge in [0.25, 0.3) is 0 Å². The van der Waals surface area contributed by atoms with Gasteiger partial charge in [-0.25, -0.2) is 4.98 Å². The van der Waals surface area contributed by atoms with Crippen molar-refractivity contribution in [1.29, 1.82) is 5.26 Å². The minimum absolute atomic E-state index is 0.503. The van der Waals surface area contributed by atoms with Crippen molar-refractivity contribution < 1.29 is 0 Å². The Morgan fingerprint density at radius 2 is 2.10 bits per heavy atom. The lowest BCUT2D eigenvalue weighted by molar-refractivity contribution is 0.965. The first-order valence-corrected chi connectivity index (χ1v) is 6.63. The average Bonchev–Trinajstić information content (AvgIpc) is 2.46. The van der Waals surface area contributed by atoms with Gasteiger partial charge in [0, 0.05) is 11.6 Å². The highest BCUT2D eigenvalue weighted by molar-refractivity contribution is 6.30. The zero-order valence-electron chi connectivity index (χ0n) is 11.0. The summed E-state index contributed by atoms with van der Waals surface area (Å²) < 4.78 is 0. The number of nitrogens with one attached hydrogen (secondary N) is 2. The maximum atomic E-state index is 9.08. The van der Waals surface area contributed by atoms with E-state index in [4.69, 9.17) is 16.9 Å². The highest BCUT2D eigenvalue weighted by atomic mass is 35.5. The molecule has 6 heteroatoms. The zero-order valence-corrected chi connectivity index (χ0v) is 11.8. The first kappa shape index (κ1) is 14.1. The topological polar surface area (TPSA) is 73.6 Å². The Balaban J connectivity index is 2.22. The lowest BCUT2D eigenvalue weighted by atomic mass is 10.2. The number of aromatic nitrogens is 2. The number of halogens is 1. The lowest BCUT2D eigenvalue weighted by Gasteiger charge is -2.09. The summed E-state index contributed by atoms with van der Waals surface area (Å²) in [4.78, 5) is 8.48. The summed E-state index contributed by atoms with van der Waals surface area (Å²) in [6.07, 6.45) is 4.26. The van der Waals surface area contributed by atoms with E-state index in [1.807, 2.05) is 0 Å². The molecule has 0 radical (unpaired) electrons. The molecule has 0 aliphatic rings. The number of hydrogen-bond donors (Lipinski definition) is 2. The van der Waals surface area contributed by atoms with Crippen LogP contribution in [0, 0.1) is 11.3 Å². The molecule has 0 aliphatic heterocycles. The standard InChI is InChI=1S/C14H14ClN5/c1-2-5-18-13-8-17-9-14(20-13)19-12-6-11(15)4-3-10(12)7-16/h3-4,6,8-9H,2,5H2,1H3,(H2,18,19,20). The van der Waals surface area contributed by atoms with Crippen molar-refractivity contribution in [2.45, 2.75) is 13.3 Å². The molecule has 0 spiro atoms. The van der Waals surface area contributed by atoms with Crippen LogP contribution in [0.1, 0.15) is 18.9 Å². The fourth-order valence-corrected chi connectivity index (χ4v) is 1.79. The third-order valence-corrected chi connectivity index (χ3v) is 2.79. The van der Waals surface area contributed by atoms with Crippen molar-refractivity contribution in [1.82, 2.24) is 9.97 Å². The van der Waals surface area contributed by atoms with E-state index in [0.717, 1.165) is 13.0 Å².